The number of fused-ring (bicyclic) bond motifs is 1. The van der Waals surface area contributed by atoms with Gasteiger partial charge >= 0.3 is 0 Å². The van der Waals surface area contributed by atoms with Gasteiger partial charge in [-0.25, -0.2) is 9.97 Å². The first-order valence-electron chi connectivity index (χ1n) is 7.69. The molecule has 0 spiro atoms. The number of anilines is 1. The summed E-state index contributed by atoms with van der Waals surface area (Å²) in [6, 6.07) is 6.05. The highest BCUT2D eigenvalue weighted by Crippen LogP contribution is 2.23. The van der Waals surface area contributed by atoms with Gasteiger partial charge in [-0.2, -0.15) is 0 Å². The molecule has 1 aromatic carbocycles. The van der Waals surface area contributed by atoms with Gasteiger partial charge in [0.25, 0.3) is 0 Å². The van der Waals surface area contributed by atoms with Crippen molar-refractivity contribution in [3.8, 4) is 0 Å². The Morgan fingerprint density at radius 2 is 2.00 bits per heavy atom. The number of aromatic nitrogens is 2. The van der Waals surface area contributed by atoms with E-state index >= 15 is 0 Å². The fraction of sp³-hybridized carbons (Fsp3) is 0.500. The Bertz CT molecular complexity index is 639. The van der Waals surface area contributed by atoms with E-state index in [2.05, 4.69) is 39.1 Å². The monoisotopic (exact) mass is 319 g/mol. The molecule has 0 aliphatic carbocycles. The third kappa shape index (κ3) is 3.66. The Balaban J connectivity index is 1.67. The molecule has 6 heteroatoms. The zero-order chi connectivity index (χ0) is 15.5. The van der Waals surface area contributed by atoms with E-state index in [0.29, 0.717) is 11.1 Å². The zero-order valence-electron chi connectivity index (χ0n) is 13.1. The van der Waals surface area contributed by atoms with Crippen molar-refractivity contribution in [2.45, 2.75) is 13.0 Å². The van der Waals surface area contributed by atoms with Crippen molar-refractivity contribution in [3.05, 3.63) is 29.5 Å². The van der Waals surface area contributed by atoms with Crippen molar-refractivity contribution in [3.63, 3.8) is 0 Å². The summed E-state index contributed by atoms with van der Waals surface area (Å²) in [7, 11) is 2.18. The number of nitrogens with one attached hydrogen (secondary N) is 1. The van der Waals surface area contributed by atoms with Crippen LogP contribution in [0.3, 0.4) is 0 Å². The molecule has 118 valence electrons. The molecule has 0 saturated carbocycles. The maximum atomic E-state index is 6.03. The Hall–Kier alpha value is -1.43. The second kappa shape index (κ2) is 6.77. The van der Waals surface area contributed by atoms with Gasteiger partial charge in [-0.15, -0.1) is 0 Å². The highest BCUT2D eigenvalue weighted by molar-refractivity contribution is 6.31. The standard InChI is InChI=1S/C16H22ClN5/c1-12(10-22-7-5-21(2)6-8-22)20-16-14-4-3-13(17)9-15(14)18-11-19-16/h3-4,9,11-12H,5-8,10H2,1-2H3,(H,18,19,20). The fourth-order valence-corrected chi connectivity index (χ4v) is 3.01. The number of benzene rings is 1. The van der Waals surface area contributed by atoms with E-state index in [0.717, 1.165) is 49.4 Å². The van der Waals surface area contributed by atoms with E-state index in [9.17, 15) is 0 Å². The minimum absolute atomic E-state index is 0.331. The van der Waals surface area contributed by atoms with Crippen LogP contribution in [0.4, 0.5) is 5.82 Å². The predicted octanol–water partition coefficient (Wildman–Crippen LogP) is 2.33. The number of rotatable bonds is 4. The summed E-state index contributed by atoms with van der Waals surface area (Å²) < 4.78 is 0. The molecule has 0 amide bonds. The van der Waals surface area contributed by atoms with Gasteiger partial charge in [0.05, 0.1) is 5.52 Å². The number of hydrogen-bond acceptors (Lipinski definition) is 5. The largest absolute Gasteiger partial charge is 0.366 e. The lowest BCUT2D eigenvalue weighted by Gasteiger charge is -2.34. The molecule has 1 aromatic heterocycles. The Labute approximate surface area is 136 Å². The third-order valence-electron chi connectivity index (χ3n) is 4.11. The molecule has 1 unspecified atom stereocenters. The number of halogens is 1. The molecular formula is C16H22ClN5. The van der Waals surface area contributed by atoms with E-state index < -0.39 is 0 Å². The molecule has 2 aromatic rings. The van der Waals surface area contributed by atoms with Gasteiger partial charge in [0.15, 0.2) is 0 Å². The molecule has 0 bridgehead atoms. The highest BCUT2D eigenvalue weighted by Gasteiger charge is 2.16. The minimum atomic E-state index is 0.331. The van der Waals surface area contributed by atoms with Crippen LogP contribution in [0, 0.1) is 0 Å². The SMILES string of the molecule is CC(CN1CCN(C)CC1)Nc1ncnc2cc(Cl)ccc12. The first kappa shape index (κ1) is 15.5. The molecule has 1 N–H and O–H groups in total. The average Bonchev–Trinajstić information content (AvgIpc) is 2.49. The summed E-state index contributed by atoms with van der Waals surface area (Å²) in [5, 5.41) is 5.22. The molecule has 22 heavy (non-hydrogen) atoms. The van der Waals surface area contributed by atoms with Crippen LogP contribution in [0.2, 0.25) is 5.02 Å². The highest BCUT2D eigenvalue weighted by atomic mass is 35.5. The van der Waals surface area contributed by atoms with Gasteiger partial charge in [-0.3, -0.25) is 4.90 Å². The second-order valence-electron chi connectivity index (χ2n) is 6.03. The summed E-state index contributed by atoms with van der Waals surface area (Å²) >= 11 is 6.03. The molecule has 3 rings (SSSR count). The first-order chi connectivity index (χ1) is 10.6. The Morgan fingerprint density at radius 1 is 1.23 bits per heavy atom. The number of nitrogens with zero attached hydrogens (tertiary/aromatic N) is 4. The lowest BCUT2D eigenvalue weighted by molar-refractivity contribution is 0.151. The third-order valence-corrected chi connectivity index (χ3v) is 4.34. The topological polar surface area (TPSA) is 44.3 Å². The predicted molar refractivity (Wildman–Crippen MR) is 91.6 cm³/mol. The van der Waals surface area contributed by atoms with Crippen LogP contribution in [0.15, 0.2) is 24.5 Å². The zero-order valence-corrected chi connectivity index (χ0v) is 13.8. The molecule has 1 atom stereocenters. The van der Waals surface area contributed by atoms with Gasteiger partial charge in [-0.05, 0) is 32.2 Å². The van der Waals surface area contributed by atoms with Gasteiger partial charge in [-0.1, -0.05) is 11.6 Å². The smallest absolute Gasteiger partial charge is 0.137 e. The maximum absolute atomic E-state index is 6.03. The molecular weight excluding hydrogens is 298 g/mol. The normalized spacial score (nSPS) is 18.5. The summed E-state index contributed by atoms with van der Waals surface area (Å²) in [4.78, 5) is 13.5. The van der Waals surface area contributed by atoms with Crippen molar-refractivity contribution in [1.82, 2.24) is 19.8 Å². The Morgan fingerprint density at radius 3 is 2.77 bits per heavy atom. The molecule has 2 heterocycles. The van der Waals surface area contributed by atoms with E-state index in [1.165, 1.54) is 0 Å². The number of piperazine rings is 1. The molecule has 1 aliphatic heterocycles. The van der Waals surface area contributed by atoms with Crippen LogP contribution >= 0.6 is 11.6 Å². The van der Waals surface area contributed by atoms with Crippen LogP contribution < -0.4 is 5.32 Å². The lowest BCUT2D eigenvalue weighted by Crippen LogP contribution is -2.47. The van der Waals surface area contributed by atoms with Crippen LogP contribution in [-0.4, -0.2) is 65.6 Å². The van der Waals surface area contributed by atoms with Crippen molar-refractivity contribution in [2.75, 3.05) is 45.1 Å². The average molecular weight is 320 g/mol. The van der Waals surface area contributed by atoms with Gasteiger partial charge in [0.2, 0.25) is 0 Å². The fourth-order valence-electron chi connectivity index (χ4n) is 2.84. The van der Waals surface area contributed by atoms with Gasteiger partial charge in [0.1, 0.15) is 12.1 Å². The van der Waals surface area contributed by atoms with Crippen LogP contribution in [0.1, 0.15) is 6.92 Å². The molecule has 1 fully saturated rings. The van der Waals surface area contributed by atoms with Gasteiger partial charge in [0, 0.05) is 49.2 Å². The summed E-state index contributed by atoms with van der Waals surface area (Å²) in [5.74, 6) is 0.878. The van der Waals surface area contributed by atoms with Crippen LogP contribution in [0.25, 0.3) is 10.9 Å². The molecule has 1 aliphatic rings. The van der Waals surface area contributed by atoms with E-state index in [4.69, 9.17) is 11.6 Å². The quantitative estimate of drug-likeness (QED) is 0.937. The van der Waals surface area contributed by atoms with Crippen LogP contribution in [0.5, 0.6) is 0 Å². The minimum Gasteiger partial charge on any atom is -0.366 e. The number of hydrogen-bond donors (Lipinski definition) is 1. The second-order valence-corrected chi connectivity index (χ2v) is 6.47. The summed E-state index contributed by atoms with van der Waals surface area (Å²) in [6.45, 7) is 7.75. The lowest BCUT2D eigenvalue weighted by atomic mass is 10.2. The molecule has 0 radical (unpaired) electrons. The van der Waals surface area contributed by atoms with Crippen LogP contribution in [-0.2, 0) is 0 Å². The first-order valence-corrected chi connectivity index (χ1v) is 8.07. The van der Waals surface area contributed by atoms with Crippen molar-refractivity contribution >= 4 is 28.3 Å². The van der Waals surface area contributed by atoms with Crippen molar-refractivity contribution in [1.29, 1.82) is 0 Å². The van der Waals surface area contributed by atoms with Gasteiger partial charge < -0.3 is 10.2 Å². The Kier molecular flexibility index (Phi) is 4.76. The van der Waals surface area contributed by atoms with E-state index in [-0.39, 0.29) is 0 Å². The molecule has 1 saturated heterocycles. The van der Waals surface area contributed by atoms with Crippen molar-refractivity contribution < 1.29 is 0 Å². The van der Waals surface area contributed by atoms with E-state index in [1.807, 2.05) is 18.2 Å². The maximum Gasteiger partial charge on any atom is 0.137 e. The number of likely N-dealkylation sites (N-methyl/N-ethyl adjacent to an activating group) is 1. The summed E-state index contributed by atoms with van der Waals surface area (Å²) in [6.07, 6.45) is 1.59. The summed E-state index contributed by atoms with van der Waals surface area (Å²) in [5.41, 5.74) is 0.872. The van der Waals surface area contributed by atoms with E-state index in [1.54, 1.807) is 6.33 Å². The van der Waals surface area contributed by atoms with Crippen molar-refractivity contribution in [2.24, 2.45) is 0 Å². The molecule has 5 nitrogen and oxygen atoms in total.